The standard InChI is InChI=1S/C24H30N4O2/c1-3-27(18-29)20-7-6-14-26(16-20)17-24-25-22-8-4-5-9-23(22)28(24)15-19-10-12-21(30-2)13-11-19/h4-5,8-13,18,20H,3,6-7,14-17H2,1-2H3/t20-/m0/s1. The molecule has 0 unspecified atom stereocenters. The number of benzene rings is 2. The highest BCUT2D eigenvalue weighted by Crippen LogP contribution is 2.22. The number of ether oxygens (including phenoxy) is 1. The molecule has 2 aromatic carbocycles. The van der Waals surface area contributed by atoms with Crippen molar-refractivity contribution in [2.75, 3.05) is 26.7 Å². The lowest BCUT2D eigenvalue weighted by atomic mass is 10.0. The number of methoxy groups -OCH3 is 1. The van der Waals surface area contributed by atoms with Gasteiger partial charge in [-0.05, 0) is 56.1 Å². The summed E-state index contributed by atoms with van der Waals surface area (Å²) < 4.78 is 7.61. The van der Waals surface area contributed by atoms with Crippen molar-refractivity contribution < 1.29 is 9.53 Å². The molecular formula is C24H30N4O2. The second-order valence-corrected chi connectivity index (χ2v) is 7.92. The Labute approximate surface area is 178 Å². The number of nitrogens with zero attached hydrogens (tertiary/aromatic N) is 4. The van der Waals surface area contributed by atoms with Crippen LogP contribution in [0.25, 0.3) is 11.0 Å². The number of rotatable bonds is 8. The number of carbonyl (C=O) groups is 1. The van der Waals surface area contributed by atoms with Gasteiger partial charge in [0.1, 0.15) is 11.6 Å². The van der Waals surface area contributed by atoms with Crippen LogP contribution in [-0.2, 0) is 17.9 Å². The maximum absolute atomic E-state index is 11.4. The van der Waals surface area contributed by atoms with Crippen LogP contribution in [0.2, 0.25) is 0 Å². The third-order valence-electron chi connectivity index (χ3n) is 6.05. The molecule has 1 amide bonds. The third-order valence-corrected chi connectivity index (χ3v) is 6.05. The van der Waals surface area contributed by atoms with E-state index >= 15 is 0 Å². The maximum Gasteiger partial charge on any atom is 0.209 e. The molecule has 1 aromatic heterocycles. The van der Waals surface area contributed by atoms with E-state index in [1.807, 2.05) is 30.0 Å². The monoisotopic (exact) mass is 406 g/mol. The van der Waals surface area contributed by atoms with E-state index in [0.717, 1.165) is 74.6 Å². The van der Waals surface area contributed by atoms with Crippen LogP contribution in [0.15, 0.2) is 48.5 Å². The van der Waals surface area contributed by atoms with Gasteiger partial charge in [0.05, 0.1) is 24.7 Å². The number of hydrogen-bond donors (Lipinski definition) is 0. The van der Waals surface area contributed by atoms with Gasteiger partial charge in [0.15, 0.2) is 0 Å². The molecule has 2 heterocycles. The Morgan fingerprint density at radius 2 is 1.97 bits per heavy atom. The summed E-state index contributed by atoms with van der Waals surface area (Å²) in [6.45, 7) is 6.31. The predicted molar refractivity (Wildman–Crippen MR) is 119 cm³/mol. The van der Waals surface area contributed by atoms with Crippen LogP contribution in [-0.4, -0.2) is 58.5 Å². The van der Waals surface area contributed by atoms with E-state index in [1.165, 1.54) is 5.56 Å². The van der Waals surface area contributed by atoms with Crippen molar-refractivity contribution in [1.82, 2.24) is 19.4 Å². The van der Waals surface area contributed by atoms with Crippen molar-refractivity contribution in [3.05, 3.63) is 59.9 Å². The SMILES string of the molecule is CCN(C=O)[C@H]1CCCN(Cc2nc3ccccc3n2Cc2ccc(OC)cc2)C1. The summed E-state index contributed by atoms with van der Waals surface area (Å²) in [7, 11) is 1.69. The summed E-state index contributed by atoms with van der Waals surface area (Å²) in [6.07, 6.45) is 3.17. The first kappa shape index (κ1) is 20.4. The molecule has 0 spiro atoms. The van der Waals surface area contributed by atoms with E-state index in [2.05, 4.69) is 39.8 Å². The van der Waals surface area contributed by atoms with Gasteiger partial charge in [-0.3, -0.25) is 9.69 Å². The molecule has 0 radical (unpaired) electrons. The number of piperidine rings is 1. The van der Waals surface area contributed by atoms with Crippen LogP contribution in [0.4, 0.5) is 0 Å². The number of para-hydroxylation sites is 2. The lowest BCUT2D eigenvalue weighted by molar-refractivity contribution is -0.121. The molecule has 30 heavy (non-hydrogen) atoms. The Morgan fingerprint density at radius 3 is 2.70 bits per heavy atom. The second kappa shape index (κ2) is 9.30. The minimum Gasteiger partial charge on any atom is -0.497 e. The van der Waals surface area contributed by atoms with Gasteiger partial charge in [-0.1, -0.05) is 24.3 Å². The molecule has 3 aromatic rings. The molecule has 158 valence electrons. The third kappa shape index (κ3) is 4.33. The largest absolute Gasteiger partial charge is 0.497 e. The fraction of sp³-hybridized carbons (Fsp3) is 0.417. The number of carbonyl (C=O) groups excluding carboxylic acids is 1. The van der Waals surface area contributed by atoms with Crippen molar-refractivity contribution in [3.8, 4) is 5.75 Å². The van der Waals surface area contributed by atoms with Gasteiger partial charge in [-0.25, -0.2) is 4.98 Å². The number of likely N-dealkylation sites (tertiary alicyclic amines) is 1. The van der Waals surface area contributed by atoms with Crippen LogP contribution in [0.5, 0.6) is 5.75 Å². The first-order valence-corrected chi connectivity index (χ1v) is 10.7. The Balaban J connectivity index is 1.58. The second-order valence-electron chi connectivity index (χ2n) is 7.92. The first-order chi connectivity index (χ1) is 14.7. The Hall–Kier alpha value is -2.86. The number of hydrogen-bond acceptors (Lipinski definition) is 4. The van der Waals surface area contributed by atoms with Crippen LogP contribution < -0.4 is 4.74 Å². The quantitative estimate of drug-likeness (QED) is 0.537. The van der Waals surface area contributed by atoms with Crippen LogP contribution in [0.3, 0.4) is 0 Å². The lowest BCUT2D eigenvalue weighted by Crippen LogP contribution is -2.47. The molecular weight excluding hydrogens is 376 g/mol. The Kier molecular flexibility index (Phi) is 6.33. The van der Waals surface area contributed by atoms with Crippen molar-refractivity contribution in [2.24, 2.45) is 0 Å². The fourth-order valence-electron chi connectivity index (χ4n) is 4.40. The number of aromatic nitrogens is 2. The molecule has 1 saturated heterocycles. The average molecular weight is 407 g/mol. The Morgan fingerprint density at radius 1 is 1.17 bits per heavy atom. The highest BCUT2D eigenvalue weighted by atomic mass is 16.5. The fourth-order valence-corrected chi connectivity index (χ4v) is 4.40. The molecule has 1 aliphatic rings. The van der Waals surface area contributed by atoms with Crippen molar-refractivity contribution in [2.45, 2.75) is 38.9 Å². The van der Waals surface area contributed by atoms with Crippen molar-refractivity contribution in [3.63, 3.8) is 0 Å². The molecule has 6 nitrogen and oxygen atoms in total. The molecule has 4 rings (SSSR count). The van der Waals surface area contributed by atoms with Gasteiger partial charge >= 0.3 is 0 Å². The summed E-state index contributed by atoms with van der Waals surface area (Å²) in [5, 5.41) is 0. The van der Waals surface area contributed by atoms with E-state index in [-0.39, 0.29) is 0 Å². The molecule has 0 N–H and O–H groups in total. The van der Waals surface area contributed by atoms with Gasteiger partial charge < -0.3 is 14.2 Å². The zero-order valence-corrected chi connectivity index (χ0v) is 17.8. The number of amides is 1. The van der Waals surface area contributed by atoms with Crippen LogP contribution in [0.1, 0.15) is 31.2 Å². The van der Waals surface area contributed by atoms with Gasteiger partial charge in [0.2, 0.25) is 6.41 Å². The lowest BCUT2D eigenvalue weighted by Gasteiger charge is -2.37. The summed E-state index contributed by atoms with van der Waals surface area (Å²) in [6, 6.07) is 16.8. The predicted octanol–water partition coefficient (Wildman–Crippen LogP) is 3.54. The van der Waals surface area contributed by atoms with Crippen molar-refractivity contribution in [1.29, 1.82) is 0 Å². The molecule has 0 bridgehead atoms. The van der Waals surface area contributed by atoms with Crippen molar-refractivity contribution >= 4 is 17.4 Å². The van der Waals surface area contributed by atoms with E-state index in [9.17, 15) is 4.79 Å². The first-order valence-electron chi connectivity index (χ1n) is 10.7. The number of fused-ring (bicyclic) bond motifs is 1. The highest BCUT2D eigenvalue weighted by molar-refractivity contribution is 5.76. The average Bonchev–Trinajstić information content (AvgIpc) is 3.12. The molecule has 1 fully saturated rings. The number of likely N-dealkylation sites (N-methyl/N-ethyl adjacent to an activating group) is 1. The zero-order valence-electron chi connectivity index (χ0n) is 17.8. The zero-order chi connectivity index (χ0) is 20.9. The highest BCUT2D eigenvalue weighted by Gasteiger charge is 2.25. The van der Waals surface area contributed by atoms with Gasteiger partial charge in [0.25, 0.3) is 0 Å². The summed E-state index contributed by atoms with van der Waals surface area (Å²) in [4.78, 5) is 20.7. The minimum atomic E-state index is 0.292. The van der Waals surface area contributed by atoms with Gasteiger partial charge in [0, 0.05) is 25.7 Å². The molecule has 1 aliphatic heterocycles. The van der Waals surface area contributed by atoms with E-state index < -0.39 is 0 Å². The molecule has 1 atom stereocenters. The minimum absolute atomic E-state index is 0.292. The van der Waals surface area contributed by atoms with E-state index in [4.69, 9.17) is 9.72 Å². The maximum atomic E-state index is 11.4. The van der Waals surface area contributed by atoms with Crippen LogP contribution in [0, 0.1) is 0 Å². The summed E-state index contributed by atoms with van der Waals surface area (Å²) >= 11 is 0. The van der Waals surface area contributed by atoms with Gasteiger partial charge in [-0.15, -0.1) is 0 Å². The smallest absolute Gasteiger partial charge is 0.209 e. The topological polar surface area (TPSA) is 50.6 Å². The summed E-state index contributed by atoms with van der Waals surface area (Å²) in [5.74, 6) is 1.94. The normalized spacial score (nSPS) is 17.2. The van der Waals surface area contributed by atoms with E-state index in [1.54, 1.807) is 7.11 Å². The van der Waals surface area contributed by atoms with Crippen LogP contribution >= 0.6 is 0 Å². The molecule has 0 saturated carbocycles. The number of imidazole rings is 1. The van der Waals surface area contributed by atoms with E-state index in [0.29, 0.717) is 6.04 Å². The Bertz CT molecular complexity index is 983. The molecule has 0 aliphatic carbocycles. The van der Waals surface area contributed by atoms with Gasteiger partial charge in [-0.2, -0.15) is 0 Å². The molecule has 6 heteroatoms. The summed E-state index contributed by atoms with van der Waals surface area (Å²) in [5.41, 5.74) is 3.40.